The van der Waals surface area contributed by atoms with E-state index in [-0.39, 0.29) is 12.5 Å². The summed E-state index contributed by atoms with van der Waals surface area (Å²) in [4.78, 5) is 26.8. The molecule has 0 aromatic heterocycles. The Bertz CT molecular complexity index is 380. The Morgan fingerprint density at radius 3 is 2.20 bits per heavy atom. The first-order valence-electron chi connectivity index (χ1n) is 7.31. The SMILES string of the molecule is O=C(N=NC(=O)N1CCCC(CO)C1)N1CCCCC1. The minimum atomic E-state index is -0.478. The minimum absolute atomic E-state index is 0.0770. The van der Waals surface area contributed by atoms with Gasteiger partial charge in [-0.15, -0.1) is 0 Å². The van der Waals surface area contributed by atoms with E-state index in [1.807, 2.05) is 0 Å². The zero-order valence-corrected chi connectivity index (χ0v) is 11.7. The molecule has 2 aliphatic heterocycles. The lowest BCUT2D eigenvalue weighted by atomic mass is 9.99. The Labute approximate surface area is 118 Å². The molecule has 0 aromatic rings. The predicted molar refractivity (Wildman–Crippen MR) is 72.5 cm³/mol. The van der Waals surface area contributed by atoms with Gasteiger partial charge in [0, 0.05) is 32.8 Å². The molecule has 4 amide bonds. The van der Waals surface area contributed by atoms with Gasteiger partial charge in [-0.05, 0) is 38.0 Å². The van der Waals surface area contributed by atoms with Crippen molar-refractivity contribution < 1.29 is 14.7 Å². The molecule has 0 spiro atoms. The highest BCUT2D eigenvalue weighted by molar-refractivity contribution is 5.79. The normalized spacial score (nSPS) is 24.1. The summed E-state index contributed by atoms with van der Waals surface area (Å²) >= 11 is 0. The summed E-state index contributed by atoms with van der Waals surface area (Å²) in [5, 5.41) is 16.2. The molecule has 2 fully saturated rings. The van der Waals surface area contributed by atoms with Gasteiger partial charge in [-0.1, -0.05) is 10.2 Å². The van der Waals surface area contributed by atoms with E-state index in [0.717, 1.165) is 32.1 Å². The van der Waals surface area contributed by atoms with Crippen molar-refractivity contribution in [2.24, 2.45) is 16.1 Å². The number of piperidine rings is 2. The van der Waals surface area contributed by atoms with E-state index >= 15 is 0 Å². The van der Waals surface area contributed by atoms with Crippen molar-refractivity contribution in [3.05, 3.63) is 0 Å². The molecule has 2 aliphatic rings. The van der Waals surface area contributed by atoms with E-state index in [2.05, 4.69) is 10.2 Å². The molecular formula is C13H22N4O3. The molecule has 0 bridgehead atoms. The van der Waals surface area contributed by atoms with Gasteiger partial charge in [-0.2, -0.15) is 0 Å². The molecule has 1 unspecified atom stereocenters. The lowest BCUT2D eigenvalue weighted by Gasteiger charge is -2.30. The molecule has 2 rings (SSSR count). The summed E-state index contributed by atoms with van der Waals surface area (Å²) in [6.07, 6.45) is 4.88. The van der Waals surface area contributed by atoms with E-state index in [4.69, 9.17) is 5.11 Å². The van der Waals surface area contributed by atoms with Crippen LogP contribution in [0.1, 0.15) is 32.1 Å². The van der Waals surface area contributed by atoms with Crippen molar-refractivity contribution >= 4 is 12.1 Å². The fourth-order valence-electron chi connectivity index (χ4n) is 2.69. The highest BCUT2D eigenvalue weighted by Crippen LogP contribution is 2.16. The third-order valence-corrected chi connectivity index (χ3v) is 3.90. The second-order valence-corrected chi connectivity index (χ2v) is 5.45. The number of carbonyl (C=O) groups is 2. The first-order chi connectivity index (χ1) is 9.70. The van der Waals surface area contributed by atoms with Crippen LogP contribution < -0.4 is 0 Å². The summed E-state index contributed by atoms with van der Waals surface area (Å²) in [6, 6.07) is -0.901. The van der Waals surface area contributed by atoms with Crippen molar-refractivity contribution in [1.82, 2.24) is 9.80 Å². The average molecular weight is 282 g/mol. The molecule has 2 heterocycles. The average Bonchev–Trinajstić information content (AvgIpc) is 2.53. The van der Waals surface area contributed by atoms with Crippen LogP contribution in [0.2, 0.25) is 0 Å². The van der Waals surface area contributed by atoms with E-state index in [9.17, 15) is 9.59 Å². The van der Waals surface area contributed by atoms with Gasteiger partial charge < -0.3 is 14.9 Å². The van der Waals surface area contributed by atoms with Crippen LogP contribution in [0.4, 0.5) is 9.59 Å². The zero-order valence-electron chi connectivity index (χ0n) is 11.7. The van der Waals surface area contributed by atoms with Crippen LogP contribution in [0, 0.1) is 5.92 Å². The van der Waals surface area contributed by atoms with Crippen molar-refractivity contribution in [2.75, 3.05) is 32.8 Å². The highest BCUT2D eigenvalue weighted by atomic mass is 16.3. The second-order valence-electron chi connectivity index (χ2n) is 5.45. The second kappa shape index (κ2) is 7.33. The monoisotopic (exact) mass is 282 g/mol. The van der Waals surface area contributed by atoms with Crippen molar-refractivity contribution in [1.29, 1.82) is 0 Å². The summed E-state index contributed by atoms with van der Waals surface area (Å²) in [5.74, 6) is 0.112. The van der Waals surface area contributed by atoms with Gasteiger partial charge in [-0.3, -0.25) is 0 Å². The van der Waals surface area contributed by atoms with E-state index < -0.39 is 12.1 Å². The summed E-state index contributed by atoms with van der Waals surface area (Å²) in [7, 11) is 0. The zero-order chi connectivity index (χ0) is 14.4. The molecule has 7 nitrogen and oxygen atoms in total. The number of rotatable bonds is 1. The molecule has 112 valence electrons. The number of hydrogen-bond donors (Lipinski definition) is 1. The van der Waals surface area contributed by atoms with Crippen LogP contribution >= 0.6 is 0 Å². The van der Waals surface area contributed by atoms with Gasteiger partial charge in [0.1, 0.15) is 0 Å². The first-order valence-corrected chi connectivity index (χ1v) is 7.31. The van der Waals surface area contributed by atoms with Crippen LogP contribution in [-0.2, 0) is 0 Å². The van der Waals surface area contributed by atoms with Gasteiger partial charge in [0.25, 0.3) is 0 Å². The van der Waals surface area contributed by atoms with Gasteiger partial charge in [0.15, 0.2) is 0 Å². The number of azo groups is 1. The first kappa shape index (κ1) is 14.9. The van der Waals surface area contributed by atoms with Crippen molar-refractivity contribution in [3.8, 4) is 0 Å². The number of urea groups is 2. The maximum absolute atomic E-state index is 11.9. The number of aliphatic hydroxyl groups is 1. The molecule has 0 aromatic carbocycles. The molecule has 1 atom stereocenters. The minimum Gasteiger partial charge on any atom is -0.396 e. The summed E-state index contributed by atoms with van der Waals surface area (Å²) in [5.41, 5.74) is 0. The van der Waals surface area contributed by atoms with Crippen LogP contribution in [0.25, 0.3) is 0 Å². The largest absolute Gasteiger partial charge is 0.396 e. The molecule has 0 aliphatic carbocycles. The Morgan fingerprint density at radius 1 is 0.950 bits per heavy atom. The molecule has 0 radical (unpaired) electrons. The number of amides is 4. The molecule has 2 saturated heterocycles. The number of nitrogens with zero attached hydrogens (tertiary/aromatic N) is 4. The van der Waals surface area contributed by atoms with Crippen LogP contribution in [0.5, 0.6) is 0 Å². The van der Waals surface area contributed by atoms with Gasteiger partial charge >= 0.3 is 12.1 Å². The van der Waals surface area contributed by atoms with E-state index in [1.54, 1.807) is 9.80 Å². The van der Waals surface area contributed by atoms with Crippen LogP contribution in [-0.4, -0.2) is 59.8 Å². The Kier molecular flexibility index (Phi) is 5.46. The fraction of sp³-hybridized carbons (Fsp3) is 0.846. The Morgan fingerprint density at radius 2 is 1.55 bits per heavy atom. The lowest BCUT2D eigenvalue weighted by Crippen LogP contribution is -2.39. The van der Waals surface area contributed by atoms with Crippen LogP contribution in [0.15, 0.2) is 10.2 Å². The van der Waals surface area contributed by atoms with Gasteiger partial charge in [0.2, 0.25) is 0 Å². The molecule has 7 heteroatoms. The van der Waals surface area contributed by atoms with Gasteiger partial charge in [0.05, 0.1) is 0 Å². The third-order valence-electron chi connectivity index (χ3n) is 3.90. The highest BCUT2D eigenvalue weighted by Gasteiger charge is 2.23. The number of likely N-dealkylation sites (tertiary alicyclic amines) is 2. The number of aliphatic hydroxyl groups excluding tert-OH is 1. The lowest BCUT2D eigenvalue weighted by molar-refractivity contribution is 0.133. The fourth-order valence-corrected chi connectivity index (χ4v) is 2.69. The quantitative estimate of drug-likeness (QED) is 0.745. The standard InChI is InChI=1S/C13H22N4O3/c18-10-11-5-4-8-17(9-11)13(20)15-14-12(19)16-6-2-1-3-7-16/h11,18H,1-10H2. The predicted octanol–water partition coefficient (Wildman–Crippen LogP) is 1.87. The molecule has 1 N–H and O–H groups in total. The molecular weight excluding hydrogens is 260 g/mol. The van der Waals surface area contributed by atoms with Crippen molar-refractivity contribution in [2.45, 2.75) is 32.1 Å². The Balaban J connectivity index is 1.83. The smallest absolute Gasteiger partial charge is 0.362 e. The maximum atomic E-state index is 11.9. The van der Waals surface area contributed by atoms with Crippen molar-refractivity contribution in [3.63, 3.8) is 0 Å². The number of hydrogen-bond acceptors (Lipinski definition) is 3. The molecule has 20 heavy (non-hydrogen) atoms. The summed E-state index contributed by atoms with van der Waals surface area (Å²) in [6.45, 7) is 2.58. The van der Waals surface area contributed by atoms with E-state index in [1.165, 1.54) is 0 Å². The van der Waals surface area contributed by atoms with Gasteiger partial charge in [-0.25, -0.2) is 9.59 Å². The third kappa shape index (κ3) is 4.00. The Hall–Kier alpha value is -1.50. The maximum Gasteiger partial charge on any atom is 0.362 e. The summed E-state index contributed by atoms with van der Waals surface area (Å²) < 4.78 is 0. The number of carbonyl (C=O) groups excluding carboxylic acids is 2. The topological polar surface area (TPSA) is 85.6 Å². The molecule has 0 saturated carbocycles. The van der Waals surface area contributed by atoms with E-state index in [0.29, 0.717) is 26.2 Å². The van der Waals surface area contributed by atoms with Crippen LogP contribution in [0.3, 0.4) is 0 Å².